The van der Waals surface area contributed by atoms with Crippen molar-refractivity contribution in [2.24, 2.45) is 0 Å². The van der Waals surface area contributed by atoms with Crippen molar-refractivity contribution in [1.82, 2.24) is 0 Å². The first kappa shape index (κ1) is 14.1. The van der Waals surface area contributed by atoms with Gasteiger partial charge in [0.1, 0.15) is 0 Å². The number of halogens is 2. The molecule has 3 heteroatoms. The molecule has 2 aromatic rings. The van der Waals surface area contributed by atoms with Crippen LogP contribution >= 0.6 is 20.4 Å². The number of rotatable bonds is 6. The Hall–Kier alpha value is -1.36. The molecule has 0 aliphatic carbocycles. The van der Waals surface area contributed by atoms with Gasteiger partial charge in [-0.15, -0.1) is 0 Å². The van der Waals surface area contributed by atoms with Crippen molar-refractivity contribution in [3.63, 3.8) is 0 Å². The van der Waals surface area contributed by atoms with Crippen LogP contribution in [0.1, 0.15) is 5.56 Å². The maximum absolute atomic E-state index is 13.9. The minimum atomic E-state index is -2.66. The van der Waals surface area contributed by atoms with E-state index in [0.29, 0.717) is 6.61 Å². The van der Waals surface area contributed by atoms with E-state index in [2.05, 4.69) is 12.1 Å². The first-order valence-electron chi connectivity index (χ1n) is 6.08. The number of hydrogen-bond donors (Lipinski definition) is 0. The van der Waals surface area contributed by atoms with Crippen molar-refractivity contribution in [2.45, 2.75) is 6.42 Å². The van der Waals surface area contributed by atoms with Crippen molar-refractivity contribution >= 4 is 20.4 Å². The van der Waals surface area contributed by atoms with Crippen molar-refractivity contribution in [3.8, 4) is 0 Å². The summed E-state index contributed by atoms with van der Waals surface area (Å²) in [5.41, 5.74) is 1.23. The Labute approximate surface area is 121 Å². The second-order valence-electron chi connectivity index (χ2n) is 3.93. The Bertz CT molecular complexity index is 499. The summed E-state index contributed by atoms with van der Waals surface area (Å²) >= 11 is -2.66. The van der Waals surface area contributed by atoms with E-state index < -0.39 is 20.4 Å². The first-order valence-corrected chi connectivity index (χ1v) is 9.22. The molecule has 0 aliphatic heterocycles. The molecule has 0 saturated heterocycles. The quantitative estimate of drug-likeness (QED) is 0.396. The summed E-state index contributed by atoms with van der Waals surface area (Å²) < 4.78 is 21.6. The van der Waals surface area contributed by atoms with Gasteiger partial charge in [0.15, 0.2) is 0 Å². The second-order valence-corrected chi connectivity index (χ2v) is 7.39. The van der Waals surface area contributed by atoms with E-state index in [0.717, 1.165) is 9.99 Å². The van der Waals surface area contributed by atoms with Gasteiger partial charge >= 0.3 is 121 Å². The minimum absolute atomic E-state index is 0.583. The van der Waals surface area contributed by atoms with Gasteiger partial charge in [0.25, 0.3) is 0 Å². The summed E-state index contributed by atoms with van der Waals surface area (Å²) in [6.45, 7) is 0.583. The van der Waals surface area contributed by atoms with Crippen LogP contribution in [0.2, 0.25) is 0 Å². The van der Waals surface area contributed by atoms with Gasteiger partial charge in [-0.2, -0.15) is 0 Å². The third-order valence-electron chi connectivity index (χ3n) is 2.55. The summed E-state index contributed by atoms with van der Waals surface area (Å²) in [5, 5.41) is 0. The van der Waals surface area contributed by atoms with Crippen molar-refractivity contribution in [1.29, 1.82) is 0 Å². The van der Waals surface area contributed by atoms with Crippen LogP contribution in [0.3, 0.4) is 0 Å². The molecule has 19 heavy (non-hydrogen) atoms. The van der Waals surface area contributed by atoms with Crippen LogP contribution in [-0.4, -0.2) is 6.61 Å². The fraction of sp³-hybridized carbons (Fsp3) is 0.125. The summed E-state index contributed by atoms with van der Waals surface area (Å²) in [7, 11) is 0. The topological polar surface area (TPSA) is 9.23 Å². The molecule has 0 unspecified atom stereocenters. The third-order valence-corrected chi connectivity index (χ3v) is 5.39. The number of hydrogen-bond acceptors (Lipinski definition) is 1. The fourth-order valence-electron chi connectivity index (χ4n) is 1.58. The summed E-state index contributed by atoms with van der Waals surface area (Å²) in [6, 6.07) is 19.4. The Kier molecular flexibility index (Phi) is 5.88. The van der Waals surface area contributed by atoms with E-state index >= 15 is 0 Å². The van der Waals surface area contributed by atoms with Crippen molar-refractivity contribution in [3.05, 3.63) is 80.1 Å². The van der Waals surface area contributed by atoms with Gasteiger partial charge in [0.2, 0.25) is 0 Å². The van der Waals surface area contributed by atoms with Gasteiger partial charge in [0.05, 0.1) is 0 Å². The number of benzene rings is 2. The van der Waals surface area contributed by atoms with Crippen LogP contribution in [0, 0.1) is 3.57 Å². The van der Waals surface area contributed by atoms with E-state index in [9.17, 15) is 2.86 Å². The van der Waals surface area contributed by atoms with Crippen molar-refractivity contribution in [2.75, 3.05) is 6.61 Å². The van der Waals surface area contributed by atoms with Gasteiger partial charge in [-0.05, 0) is 0 Å². The van der Waals surface area contributed by atoms with Gasteiger partial charge in [-0.3, -0.25) is 0 Å². The molecule has 1 nitrogen and oxygen atoms in total. The predicted octanol–water partition coefficient (Wildman–Crippen LogP) is 4.98. The van der Waals surface area contributed by atoms with E-state index in [1.807, 2.05) is 48.5 Å². The molecule has 0 N–H and O–H groups in total. The molecule has 0 aliphatic rings. The van der Waals surface area contributed by atoms with Crippen LogP contribution in [0.15, 0.2) is 71.0 Å². The van der Waals surface area contributed by atoms with Gasteiger partial charge < -0.3 is 0 Å². The molecule has 0 aromatic heterocycles. The van der Waals surface area contributed by atoms with Crippen molar-refractivity contribution < 1.29 is 7.60 Å². The van der Waals surface area contributed by atoms with Gasteiger partial charge in [0, 0.05) is 0 Å². The molecule has 0 bridgehead atoms. The predicted molar refractivity (Wildman–Crippen MR) is 85.5 cm³/mol. The monoisotopic (exact) mass is 370 g/mol. The second kappa shape index (κ2) is 7.94. The zero-order valence-corrected chi connectivity index (χ0v) is 12.7. The van der Waals surface area contributed by atoms with Crippen LogP contribution in [-0.2, 0) is 11.2 Å². The van der Waals surface area contributed by atoms with E-state index in [4.69, 9.17) is 4.74 Å². The first-order chi connectivity index (χ1) is 9.36. The Morgan fingerprint density at radius 3 is 2.26 bits per heavy atom. The summed E-state index contributed by atoms with van der Waals surface area (Å²) in [4.78, 5) is 0. The molecule has 0 heterocycles. The van der Waals surface area contributed by atoms with E-state index in [1.54, 1.807) is 4.08 Å². The standard InChI is InChI=1S/C16H16FIO/c17-18(16-9-5-2-6-10-16)12-14-19-13-11-15-7-3-1-4-8-15/h1-10,12,14H,11,13H2/b14-12+. The third kappa shape index (κ3) is 5.03. The average molecular weight is 370 g/mol. The van der Waals surface area contributed by atoms with Crippen LogP contribution < -0.4 is 0 Å². The molecule has 0 saturated carbocycles. The van der Waals surface area contributed by atoms with Crippen LogP contribution in [0.4, 0.5) is 2.86 Å². The zero-order chi connectivity index (χ0) is 13.3. The maximum atomic E-state index is 13.9. The normalized spacial score (nSPS) is 11.5. The van der Waals surface area contributed by atoms with Crippen LogP contribution in [0.25, 0.3) is 0 Å². The van der Waals surface area contributed by atoms with Crippen LogP contribution in [0.5, 0.6) is 0 Å². The molecule has 0 amide bonds. The number of ether oxygens (including phenoxy) is 1. The summed E-state index contributed by atoms with van der Waals surface area (Å²) in [6.07, 6.45) is 2.36. The molecule has 0 fully saturated rings. The van der Waals surface area contributed by atoms with Gasteiger partial charge in [-0.1, -0.05) is 0 Å². The summed E-state index contributed by atoms with van der Waals surface area (Å²) in [5.74, 6) is 0. The Morgan fingerprint density at radius 1 is 0.947 bits per heavy atom. The average Bonchev–Trinajstić information content (AvgIpc) is 2.49. The zero-order valence-electron chi connectivity index (χ0n) is 10.5. The van der Waals surface area contributed by atoms with Gasteiger partial charge in [-0.25, -0.2) is 0 Å². The molecule has 0 atom stereocenters. The Balaban J connectivity index is 1.72. The molecule has 100 valence electrons. The molecule has 0 radical (unpaired) electrons. The Morgan fingerprint density at radius 2 is 1.58 bits per heavy atom. The molecule has 0 spiro atoms. The SMILES string of the molecule is FI(/C=C/OCCc1ccccc1)c1ccccc1. The fourth-order valence-corrected chi connectivity index (χ4v) is 3.56. The molecule has 2 aromatic carbocycles. The molecular formula is C16H16FIO. The van der Waals surface area contributed by atoms with E-state index in [-0.39, 0.29) is 0 Å². The molecule has 2 rings (SSSR count). The molecular weight excluding hydrogens is 354 g/mol. The van der Waals surface area contributed by atoms with E-state index in [1.165, 1.54) is 11.8 Å².